The molecule has 7 atom stereocenters. The lowest BCUT2D eigenvalue weighted by Crippen LogP contribution is -2.51. The van der Waals surface area contributed by atoms with Gasteiger partial charge in [-0.25, -0.2) is 0 Å². The van der Waals surface area contributed by atoms with Crippen LogP contribution in [0, 0.1) is 29.6 Å². The molecule has 0 aromatic rings. The van der Waals surface area contributed by atoms with Crippen LogP contribution in [0.15, 0.2) is 0 Å². The molecule has 3 fully saturated rings. The summed E-state index contributed by atoms with van der Waals surface area (Å²) in [5, 5.41) is 3.27. The number of rotatable bonds is 4. The van der Waals surface area contributed by atoms with E-state index in [9.17, 15) is 4.79 Å². The van der Waals surface area contributed by atoms with Gasteiger partial charge in [-0.1, -0.05) is 26.7 Å². The van der Waals surface area contributed by atoms with Crippen LogP contribution in [0.1, 0.15) is 52.4 Å². The maximum atomic E-state index is 12.2. The summed E-state index contributed by atoms with van der Waals surface area (Å²) in [4.78, 5) is 12.2. The van der Waals surface area contributed by atoms with Gasteiger partial charge in [0.2, 0.25) is 5.91 Å². The van der Waals surface area contributed by atoms with Gasteiger partial charge in [-0.3, -0.25) is 4.79 Å². The first-order valence-electron chi connectivity index (χ1n) is 8.17. The number of fused-ring (bicyclic) bond motifs is 5. The van der Waals surface area contributed by atoms with Gasteiger partial charge in [0.1, 0.15) is 0 Å². The Balaban J connectivity index is 1.59. The molecule has 2 bridgehead atoms. The van der Waals surface area contributed by atoms with Crippen LogP contribution < -0.4 is 11.1 Å². The zero-order valence-corrected chi connectivity index (χ0v) is 12.3. The summed E-state index contributed by atoms with van der Waals surface area (Å²) in [5.74, 6) is 3.90. The first kappa shape index (κ1) is 13.4. The summed E-state index contributed by atoms with van der Waals surface area (Å²) in [6.07, 6.45) is 7.80. The molecule has 19 heavy (non-hydrogen) atoms. The van der Waals surface area contributed by atoms with E-state index < -0.39 is 0 Å². The second-order valence-electron chi connectivity index (χ2n) is 7.18. The van der Waals surface area contributed by atoms with E-state index in [0.717, 1.165) is 30.1 Å². The molecule has 0 spiro atoms. The number of hydrogen-bond donors (Lipinski definition) is 2. The number of hydrogen-bond acceptors (Lipinski definition) is 2. The van der Waals surface area contributed by atoms with E-state index in [-0.39, 0.29) is 17.9 Å². The maximum Gasteiger partial charge on any atom is 0.237 e. The summed E-state index contributed by atoms with van der Waals surface area (Å²) >= 11 is 0. The number of carbonyl (C=O) groups excluding carboxylic acids is 1. The lowest BCUT2D eigenvalue weighted by Gasteiger charge is -2.33. The smallest absolute Gasteiger partial charge is 0.237 e. The van der Waals surface area contributed by atoms with Crippen LogP contribution in [0.4, 0.5) is 0 Å². The number of nitrogens with two attached hydrogens (primary N) is 1. The van der Waals surface area contributed by atoms with Crippen molar-refractivity contribution < 1.29 is 4.79 Å². The van der Waals surface area contributed by atoms with E-state index in [1.807, 2.05) is 0 Å². The van der Waals surface area contributed by atoms with Crippen LogP contribution in [-0.4, -0.2) is 18.0 Å². The predicted molar refractivity (Wildman–Crippen MR) is 76.4 cm³/mol. The van der Waals surface area contributed by atoms with Gasteiger partial charge in [0.25, 0.3) is 0 Å². The summed E-state index contributed by atoms with van der Waals surface area (Å²) in [6, 6.07) is 0.0930. The first-order chi connectivity index (χ1) is 9.11. The minimum Gasteiger partial charge on any atom is -0.352 e. The molecule has 3 aliphatic rings. The van der Waals surface area contributed by atoms with Crippen molar-refractivity contribution in [2.75, 3.05) is 0 Å². The van der Waals surface area contributed by atoms with Crippen LogP contribution in [0.2, 0.25) is 0 Å². The SMILES string of the molecule is CC[C@H](C)[C@H](N)C(=O)NC1CC2CC1C1CCCC21. The molecule has 0 radical (unpaired) electrons. The molecule has 3 N–H and O–H groups in total. The van der Waals surface area contributed by atoms with Crippen LogP contribution >= 0.6 is 0 Å². The zero-order valence-electron chi connectivity index (χ0n) is 12.3. The van der Waals surface area contributed by atoms with E-state index in [2.05, 4.69) is 19.2 Å². The fourth-order valence-corrected chi connectivity index (χ4v) is 5.03. The minimum absolute atomic E-state index is 0.0847. The summed E-state index contributed by atoms with van der Waals surface area (Å²) < 4.78 is 0. The van der Waals surface area contributed by atoms with E-state index in [0.29, 0.717) is 6.04 Å². The van der Waals surface area contributed by atoms with Gasteiger partial charge in [-0.05, 0) is 55.3 Å². The first-order valence-corrected chi connectivity index (χ1v) is 8.17. The average molecular weight is 264 g/mol. The molecule has 3 rings (SSSR count). The highest BCUT2D eigenvalue weighted by molar-refractivity contribution is 5.82. The molecule has 3 aliphatic carbocycles. The van der Waals surface area contributed by atoms with Crippen molar-refractivity contribution >= 4 is 5.91 Å². The van der Waals surface area contributed by atoms with Gasteiger partial charge in [-0.2, -0.15) is 0 Å². The van der Waals surface area contributed by atoms with E-state index >= 15 is 0 Å². The lowest BCUT2D eigenvalue weighted by molar-refractivity contribution is -0.124. The van der Waals surface area contributed by atoms with E-state index in [4.69, 9.17) is 5.73 Å². The third-order valence-electron chi connectivity index (χ3n) is 6.32. The van der Waals surface area contributed by atoms with Crippen LogP contribution in [0.25, 0.3) is 0 Å². The Hall–Kier alpha value is -0.570. The topological polar surface area (TPSA) is 55.1 Å². The highest BCUT2D eigenvalue weighted by Gasteiger charge is 2.54. The fraction of sp³-hybridized carbons (Fsp3) is 0.938. The van der Waals surface area contributed by atoms with Crippen molar-refractivity contribution in [2.24, 2.45) is 35.3 Å². The molecule has 3 saturated carbocycles. The van der Waals surface area contributed by atoms with Crippen molar-refractivity contribution in [3.63, 3.8) is 0 Å². The molecular weight excluding hydrogens is 236 g/mol. The maximum absolute atomic E-state index is 12.2. The number of nitrogens with one attached hydrogen (secondary N) is 1. The average Bonchev–Trinajstić information content (AvgIpc) is 3.08. The molecule has 0 aliphatic heterocycles. The van der Waals surface area contributed by atoms with Gasteiger partial charge < -0.3 is 11.1 Å². The molecular formula is C16H28N2O. The van der Waals surface area contributed by atoms with Crippen molar-refractivity contribution in [1.82, 2.24) is 5.32 Å². The molecule has 0 aromatic heterocycles. The monoisotopic (exact) mass is 264 g/mol. The van der Waals surface area contributed by atoms with Gasteiger partial charge in [0.05, 0.1) is 6.04 Å². The minimum atomic E-state index is -0.330. The fourth-order valence-electron chi connectivity index (χ4n) is 5.03. The van der Waals surface area contributed by atoms with E-state index in [1.54, 1.807) is 0 Å². The second kappa shape index (κ2) is 5.08. The highest BCUT2D eigenvalue weighted by Crippen LogP contribution is 2.58. The molecule has 3 nitrogen and oxygen atoms in total. The quantitative estimate of drug-likeness (QED) is 0.818. The van der Waals surface area contributed by atoms with Crippen LogP contribution in [0.3, 0.4) is 0 Å². The van der Waals surface area contributed by atoms with Crippen molar-refractivity contribution in [1.29, 1.82) is 0 Å². The van der Waals surface area contributed by atoms with Crippen LogP contribution in [0.5, 0.6) is 0 Å². The van der Waals surface area contributed by atoms with Crippen LogP contribution in [-0.2, 0) is 4.79 Å². The summed E-state index contributed by atoms with van der Waals surface area (Å²) in [5.41, 5.74) is 6.04. The van der Waals surface area contributed by atoms with Gasteiger partial charge in [0, 0.05) is 6.04 Å². The largest absolute Gasteiger partial charge is 0.352 e. The second-order valence-corrected chi connectivity index (χ2v) is 7.18. The predicted octanol–water partition coefficient (Wildman–Crippen LogP) is 2.30. The third-order valence-corrected chi connectivity index (χ3v) is 6.32. The van der Waals surface area contributed by atoms with Crippen molar-refractivity contribution in [3.05, 3.63) is 0 Å². The Morgan fingerprint density at radius 2 is 2.00 bits per heavy atom. The number of carbonyl (C=O) groups is 1. The van der Waals surface area contributed by atoms with Gasteiger partial charge in [-0.15, -0.1) is 0 Å². The Morgan fingerprint density at radius 3 is 2.74 bits per heavy atom. The number of amides is 1. The molecule has 0 heterocycles. The van der Waals surface area contributed by atoms with Crippen molar-refractivity contribution in [2.45, 2.75) is 64.5 Å². The summed E-state index contributed by atoms with van der Waals surface area (Å²) in [6.45, 7) is 4.16. The Bertz CT molecular complexity index is 357. The molecule has 0 saturated heterocycles. The molecule has 5 unspecified atom stereocenters. The highest BCUT2D eigenvalue weighted by atomic mass is 16.2. The Labute approximate surface area is 116 Å². The third kappa shape index (κ3) is 2.20. The van der Waals surface area contributed by atoms with E-state index in [1.165, 1.54) is 32.1 Å². The Kier molecular flexibility index (Phi) is 3.59. The zero-order chi connectivity index (χ0) is 13.6. The molecule has 3 heteroatoms. The standard InChI is InChI=1S/C16H28N2O/c1-3-9(2)15(17)16(19)18-14-8-10-7-13(14)12-6-4-5-11(10)12/h9-15H,3-8,17H2,1-2H3,(H,18,19)/t9-,10?,11?,12?,13?,14?,15-/m0/s1. The summed E-state index contributed by atoms with van der Waals surface area (Å²) in [7, 11) is 0. The molecule has 1 amide bonds. The van der Waals surface area contributed by atoms with Gasteiger partial charge >= 0.3 is 0 Å². The van der Waals surface area contributed by atoms with Gasteiger partial charge in [0.15, 0.2) is 0 Å². The Morgan fingerprint density at radius 1 is 1.26 bits per heavy atom. The lowest BCUT2D eigenvalue weighted by atomic mass is 9.79. The molecule has 0 aromatic carbocycles. The normalized spacial score (nSPS) is 43.0. The molecule has 108 valence electrons. The van der Waals surface area contributed by atoms with Crippen molar-refractivity contribution in [3.8, 4) is 0 Å².